The van der Waals surface area contributed by atoms with E-state index in [-0.39, 0.29) is 18.4 Å². The summed E-state index contributed by atoms with van der Waals surface area (Å²) in [6.45, 7) is 4.68. The molecule has 1 atom stereocenters. The Hall–Kier alpha value is -3.23. The van der Waals surface area contributed by atoms with Crippen molar-refractivity contribution in [2.45, 2.75) is 51.0 Å². The number of aromatic nitrogens is 1. The van der Waals surface area contributed by atoms with Gasteiger partial charge in [0.1, 0.15) is 23.1 Å². The van der Waals surface area contributed by atoms with Gasteiger partial charge in [0.05, 0.1) is 19.7 Å². The van der Waals surface area contributed by atoms with Gasteiger partial charge in [0.25, 0.3) is 11.8 Å². The second-order valence-corrected chi connectivity index (χ2v) is 11.1. The molecule has 0 N–H and O–H groups in total. The SMILES string of the molecule is CCCCN1CCOc2ccccc2CCCCC2(CN(C(=O)c3csc(-c4ccccc4)n3)CCO2)C1=O. The third-order valence-corrected chi connectivity index (χ3v) is 8.44. The third-order valence-electron chi connectivity index (χ3n) is 7.54. The summed E-state index contributed by atoms with van der Waals surface area (Å²) in [5, 5.41) is 2.63. The molecule has 0 radical (unpaired) electrons. The molecule has 1 fully saturated rings. The number of unbranched alkanes of at least 4 members (excludes halogenated alkanes) is 1. The predicted octanol–water partition coefficient (Wildman–Crippen LogP) is 5.46. The number of amides is 2. The molecule has 1 saturated heterocycles. The molecular weight excluding hydrogens is 510 g/mol. The van der Waals surface area contributed by atoms with Crippen molar-refractivity contribution in [2.24, 2.45) is 0 Å². The number of carbonyl (C=O) groups excluding carboxylic acids is 2. The highest BCUT2D eigenvalue weighted by Crippen LogP contribution is 2.31. The number of aryl methyl sites for hydroxylation is 1. The Morgan fingerprint density at radius 1 is 1.05 bits per heavy atom. The first-order valence-electron chi connectivity index (χ1n) is 14.0. The number of hydrogen-bond acceptors (Lipinski definition) is 6. The summed E-state index contributed by atoms with van der Waals surface area (Å²) >= 11 is 1.46. The molecule has 3 aromatic rings. The van der Waals surface area contributed by atoms with Gasteiger partial charge >= 0.3 is 0 Å². The highest BCUT2D eigenvalue weighted by molar-refractivity contribution is 7.13. The van der Waals surface area contributed by atoms with E-state index in [9.17, 15) is 9.59 Å². The van der Waals surface area contributed by atoms with Gasteiger partial charge in [-0.2, -0.15) is 0 Å². The number of hydrogen-bond donors (Lipinski definition) is 0. The Labute approximate surface area is 234 Å². The highest BCUT2D eigenvalue weighted by Gasteiger charge is 2.47. The molecule has 8 heteroatoms. The van der Waals surface area contributed by atoms with Crippen molar-refractivity contribution in [2.75, 3.05) is 39.4 Å². The van der Waals surface area contributed by atoms with E-state index in [1.807, 2.05) is 58.8 Å². The number of nitrogens with zero attached hydrogens (tertiary/aromatic N) is 3. The Balaban J connectivity index is 1.37. The van der Waals surface area contributed by atoms with Crippen molar-refractivity contribution in [1.29, 1.82) is 0 Å². The lowest BCUT2D eigenvalue weighted by molar-refractivity contribution is -0.170. The maximum atomic E-state index is 14.2. The summed E-state index contributed by atoms with van der Waals surface area (Å²) in [4.78, 5) is 36.1. The van der Waals surface area contributed by atoms with Gasteiger partial charge < -0.3 is 19.3 Å². The molecular formula is C31H37N3O4S. The topological polar surface area (TPSA) is 72.0 Å². The van der Waals surface area contributed by atoms with Gasteiger partial charge in [-0.3, -0.25) is 9.59 Å². The lowest BCUT2D eigenvalue weighted by atomic mass is 9.90. The minimum Gasteiger partial charge on any atom is -0.491 e. The molecule has 0 aliphatic carbocycles. The fourth-order valence-electron chi connectivity index (χ4n) is 5.39. The minimum absolute atomic E-state index is 0.0332. The van der Waals surface area contributed by atoms with Crippen molar-refractivity contribution >= 4 is 23.2 Å². The van der Waals surface area contributed by atoms with Gasteiger partial charge in [0.15, 0.2) is 5.60 Å². The highest BCUT2D eigenvalue weighted by atomic mass is 32.1. The summed E-state index contributed by atoms with van der Waals surface area (Å²) in [6.07, 6.45) is 5.08. The number of benzene rings is 2. The van der Waals surface area contributed by atoms with Crippen LogP contribution in [0.3, 0.4) is 0 Å². The smallest absolute Gasteiger partial charge is 0.273 e. The minimum atomic E-state index is -1.06. The Bertz CT molecular complexity index is 1260. The standard InChI is InChI=1S/C31H37N3O4S/c1-2-3-17-33-18-20-37-27-15-8-7-11-24(27)12-9-10-16-31(30(33)36)23-34(19-21-38-31)29(35)26-22-39-28(32-26)25-13-5-4-6-14-25/h4-8,11,13-15,22H,2-3,9-10,12,16-21,23H2,1H3. The molecule has 1 spiro atoms. The summed E-state index contributed by atoms with van der Waals surface area (Å²) < 4.78 is 12.5. The Kier molecular flexibility index (Phi) is 8.94. The van der Waals surface area contributed by atoms with Crippen LogP contribution in [-0.2, 0) is 16.0 Å². The summed E-state index contributed by atoms with van der Waals surface area (Å²) in [5.74, 6) is 0.723. The molecule has 206 valence electrons. The Morgan fingerprint density at radius 2 is 1.87 bits per heavy atom. The molecule has 0 bridgehead atoms. The van der Waals surface area contributed by atoms with Crippen LogP contribution in [0.5, 0.6) is 5.75 Å². The fraction of sp³-hybridized carbons (Fsp3) is 0.452. The summed E-state index contributed by atoms with van der Waals surface area (Å²) in [7, 11) is 0. The molecule has 2 aromatic carbocycles. The van der Waals surface area contributed by atoms with Crippen molar-refractivity contribution in [1.82, 2.24) is 14.8 Å². The number of thiazole rings is 1. The van der Waals surface area contributed by atoms with Crippen LogP contribution < -0.4 is 4.74 Å². The van der Waals surface area contributed by atoms with Gasteiger partial charge in [-0.1, -0.05) is 61.9 Å². The molecule has 0 saturated carbocycles. The average Bonchev–Trinajstić information content (AvgIpc) is 3.47. The number of fused-ring (bicyclic) bond motifs is 1. The first-order chi connectivity index (χ1) is 19.1. The second-order valence-electron chi connectivity index (χ2n) is 10.3. The molecule has 2 amide bonds. The van der Waals surface area contributed by atoms with Crippen LogP contribution in [0.25, 0.3) is 10.6 Å². The van der Waals surface area contributed by atoms with Crippen molar-refractivity contribution in [3.63, 3.8) is 0 Å². The first kappa shape index (κ1) is 27.3. The molecule has 39 heavy (non-hydrogen) atoms. The zero-order valence-electron chi connectivity index (χ0n) is 22.6. The van der Waals surface area contributed by atoms with Gasteiger partial charge in [0, 0.05) is 24.0 Å². The number of ether oxygens (including phenoxy) is 2. The normalized spacial score (nSPS) is 20.6. The maximum Gasteiger partial charge on any atom is 0.273 e. The van der Waals surface area contributed by atoms with Crippen LogP contribution in [0, 0.1) is 0 Å². The first-order valence-corrected chi connectivity index (χ1v) is 14.9. The number of carbonyl (C=O) groups is 2. The van der Waals surface area contributed by atoms with Crippen LogP contribution in [0.2, 0.25) is 0 Å². The van der Waals surface area contributed by atoms with E-state index in [4.69, 9.17) is 9.47 Å². The molecule has 5 rings (SSSR count). The zero-order valence-corrected chi connectivity index (χ0v) is 23.5. The lowest BCUT2D eigenvalue weighted by Gasteiger charge is -2.44. The van der Waals surface area contributed by atoms with Gasteiger partial charge in [-0.25, -0.2) is 4.98 Å². The van der Waals surface area contributed by atoms with E-state index in [0.717, 1.165) is 48.4 Å². The quantitative estimate of drug-likeness (QED) is 0.425. The fourth-order valence-corrected chi connectivity index (χ4v) is 6.19. The van der Waals surface area contributed by atoms with Crippen LogP contribution in [0.4, 0.5) is 0 Å². The molecule has 7 nitrogen and oxygen atoms in total. The number of para-hydroxylation sites is 1. The number of rotatable bonds is 5. The largest absolute Gasteiger partial charge is 0.491 e. The number of morpholine rings is 1. The third kappa shape index (κ3) is 6.34. The van der Waals surface area contributed by atoms with Crippen molar-refractivity contribution in [3.05, 3.63) is 71.2 Å². The van der Waals surface area contributed by atoms with E-state index in [2.05, 4.69) is 18.0 Å². The van der Waals surface area contributed by atoms with E-state index in [0.29, 0.717) is 45.0 Å². The van der Waals surface area contributed by atoms with Gasteiger partial charge in [0.2, 0.25) is 0 Å². The monoisotopic (exact) mass is 547 g/mol. The molecule has 2 aliphatic heterocycles. The molecule has 2 aliphatic rings. The molecule has 1 unspecified atom stereocenters. The van der Waals surface area contributed by atoms with Crippen LogP contribution in [-0.4, -0.2) is 71.6 Å². The van der Waals surface area contributed by atoms with Crippen LogP contribution in [0.1, 0.15) is 55.1 Å². The van der Waals surface area contributed by atoms with E-state index in [1.54, 1.807) is 4.90 Å². The van der Waals surface area contributed by atoms with Gasteiger partial charge in [-0.15, -0.1) is 11.3 Å². The molecule has 3 heterocycles. The van der Waals surface area contributed by atoms with E-state index >= 15 is 0 Å². The van der Waals surface area contributed by atoms with Crippen LogP contribution in [0.15, 0.2) is 60.0 Å². The maximum absolute atomic E-state index is 14.2. The predicted molar refractivity (Wildman–Crippen MR) is 153 cm³/mol. The zero-order chi connectivity index (χ0) is 27.1. The van der Waals surface area contributed by atoms with Crippen LogP contribution >= 0.6 is 11.3 Å². The van der Waals surface area contributed by atoms with Crippen molar-refractivity contribution < 1.29 is 19.1 Å². The van der Waals surface area contributed by atoms with Crippen molar-refractivity contribution in [3.8, 4) is 16.3 Å². The second kappa shape index (κ2) is 12.7. The lowest BCUT2D eigenvalue weighted by Crippen LogP contribution is -2.62. The molecule has 1 aromatic heterocycles. The Morgan fingerprint density at radius 3 is 2.72 bits per heavy atom. The average molecular weight is 548 g/mol. The van der Waals surface area contributed by atoms with Gasteiger partial charge in [-0.05, 0) is 43.7 Å². The summed E-state index contributed by atoms with van der Waals surface area (Å²) in [5.41, 5.74) is 1.55. The van der Waals surface area contributed by atoms with E-state index < -0.39 is 5.60 Å². The van der Waals surface area contributed by atoms with E-state index in [1.165, 1.54) is 16.9 Å². The summed E-state index contributed by atoms with van der Waals surface area (Å²) in [6, 6.07) is 18.0.